The smallest absolute Gasteiger partial charge is 0.244 e. The Bertz CT molecular complexity index is 487. The number of pyridine rings is 1. The summed E-state index contributed by atoms with van der Waals surface area (Å²) >= 11 is 0. The molecule has 2 rings (SSSR count). The molecular weight excluding hydrogens is 226 g/mol. The van der Waals surface area contributed by atoms with Crippen LogP contribution in [0.3, 0.4) is 0 Å². The van der Waals surface area contributed by atoms with Crippen molar-refractivity contribution in [3.8, 4) is 0 Å². The molecule has 0 bridgehead atoms. The molecule has 1 aromatic rings. The Morgan fingerprint density at radius 2 is 2.31 bits per heavy atom. The first-order valence-corrected chi connectivity index (χ1v) is 6.69. The van der Waals surface area contributed by atoms with Gasteiger partial charge in [0.1, 0.15) is 10.7 Å². The van der Waals surface area contributed by atoms with Crippen molar-refractivity contribution in [3.05, 3.63) is 18.3 Å². The molecule has 0 amide bonds. The van der Waals surface area contributed by atoms with Crippen molar-refractivity contribution in [3.63, 3.8) is 0 Å². The number of aromatic nitrogens is 1. The van der Waals surface area contributed by atoms with E-state index in [4.69, 9.17) is 5.73 Å². The molecule has 88 valence electrons. The van der Waals surface area contributed by atoms with E-state index in [1.807, 2.05) is 0 Å². The van der Waals surface area contributed by atoms with Gasteiger partial charge in [-0.05, 0) is 30.4 Å². The average molecular weight is 241 g/mol. The average Bonchev–Trinajstić information content (AvgIpc) is 2.92. The van der Waals surface area contributed by atoms with Crippen molar-refractivity contribution in [2.45, 2.75) is 18.2 Å². The van der Waals surface area contributed by atoms with E-state index in [1.165, 1.54) is 12.3 Å². The van der Waals surface area contributed by atoms with E-state index in [9.17, 15) is 8.42 Å². The zero-order valence-electron chi connectivity index (χ0n) is 9.05. The zero-order valence-corrected chi connectivity index (χ0v) is 9.87. The largest absolute Gasteiger partial charge is 0.383 e. The van der Waals surface area contributed by atoms with Crippen LogP contribution in [0.25, 0.3) is 0 Å². The van der Waals surface area contributed by atoms with Gasteiger partial charge in [-0.25, -0.2) is 18.1 Å². The minimum Gasteiger partial charge on any atom is -0.383 e. The molecule has 0 saturated heterocycles. The van der Waals surface area contributed by atoms with Crippen molar-refractivity contribution in [2.24, 2.45) is 11.8 Å². The first-order chi connectivity index (χ1) is 7.50. The van der Waals surface area contributed by atoms with Gasteiger partial charge in [0, 0.05) is 12.7 Å². The van der Waals surface area contributed by atoms with Crippen LogP contribution in [-0.2, 0) is 10.0 Å². The van der Waals surface area contributed by atoms with Crippen LogP contribution in [0.15, 0.2) is 23.2 Å². The third-order valence-electron chi connectivity index (χ3n) is 2.90. The zero-order chi connectivity index (χ0) is 11.8. The van der Waals surface area contributed by atoms with E-state index < -0.39 is 10.0 Å². The molecule has 6 heteroatoms. The molecule has 1 aliphatic carbocycles. The number of hydrogen-bond donors (Lipinski definition) is 2. The van der Waals surface area contributed by atoms with Crippen LogP contribution in [0.4, 0.5) is 5.82 Å². The summed E-state index contributed by atoms with van der Waals surface area (Å²) in [7, 11) is -3.51. The predicted molar refractivity (Wildman–Crippen MR) is 61.1 cm³/mol. The lowest BCUT2D eigenvalue weighted by molar-refractivity contribution is 0.574. The van der Waals surface area contributed by atoms with Crippen molar-refractivity contribution in [2.75, 3.05) is 12.3 Å². The third-order valence-corrected chi connectivity index (χ3v) is 4.37. The molecule has 1 heterocycles. The monoisotopic (exact) mass is 241 g/mol. The number of nitrogens with zero attached hydrogens (tertiary/aromatic N) is 1. The van der Waals surface area contributed by atoms with E-state index in [0.717, 1.165) is 6.42 Å². The number of hydrogen-bond acceptors (Lipinski definition) is 4. The lowest BCUT2D eigenvalue weighted by atomic mass is 10.3. The van der Waals surface area contributed by atoms with Crippen LogP contribution in [0.5, 0.6) is 0 Å². The van der Waals surface area contributed by atoms with Crippen LogP contribution in [0.1, 0.15) is 13.3 Å². The number of nitrogen functional groups attached to an aromatic ring is 1. The van der Waals surface area contributed by atoms with E-state index in [1.54, 1.807) is 6.07 Å². The van der Waals surface area contributed by atoms with Crippen molar-refractivity contribution in [1.29, 1.82) is 0 Å². The van der Waals surface area contributed by atoms with Gasteiger partial charge in [0.15, 0.2) is 0 Å². The first-order valence-electron chi connectivity index (χ1n) is 5.21. The Labute approximate surface area is 95.1 Å². The summed E-state index contributed by atoms with van der Waals surface area (Å²) in [6.45, 7) is 2.59. The Hall–Kier alpha value is -1.14. The Balaban J connectivity index is 2.10. The van der Waals surface area contributed by atoms with Gasteiger partial charge in [0.05, 0.1) is 0 Å². The first kappa shape index (κ1) is 11.3. The van der Waals surface area contributed by atoms with E-state index >= 15 is 0 Å². The minimum atomic E-state index is -3.51. The molecule has 0 aromatic carbocycles. The molecule has 5 nitrogen and oxygen atoms in total. The highest BCUT2D eigenvalue weighted by Crippen LogP contribution is 2.37. The number of rotatable bonds is 4. The Morgan fingerprint density at radius 1 is 1.62 bits per heavy atom. The van der Waals surface area contributed by atoms with Gasteiger partial charge < -0.3 is 5.73 Å². The maximum atomic E-state index is 11.9. The van der Waals surface area contributed by atoms with Gasteiger partial charge in [0.25, 0.3) is 0 Å². The SMILES string of the molecule is CC1CC1CNS(=O)(=O)c1cccnc1N. The van der Waals surface area contributed by atoms with Gasteiger partial charge in [-0.1, -0.05) is 6.92 Å². The fourth-order valence-electron chi connectivity index (χ4n) is 1.61. The summed E-state index contributed by atoms with van der Waals surface area (Å²) < 4.78 is 26.3. The van der Waals surface area contributed by atoms with Gasteiger partial charge in [-0.2, -0.15) is 0 Å². The standard InChI is InChI=1S/C10H15N3O2S/c1-7-5-8(7)6-13-16(14,15)9-3-2-4-12-10(9)11/h2-4,7-8,13H,5-6H2,1H3,(H2,11,12). The molecule has 3 N–H and O–H groups in total. The lowest BCUT2D eigenvalue weighted by Crippen LogP contribution is -2.27. The van der Waals surface area contributed by atoms with Crippen LogP contribution in [-0.4, -0.2) is 19.9 Å². The summed E-state index contributed by atoms with van der Waals surface area (Å²) in [6.07, 6.45) is 2.56. The molecule has 1 saturated carbocycles. The molecule has 16 heavy (non-hydrogen) atoms. The molecule has 1 aliphatic rings. The van der Waals surface area contributed by atoms with E-state index in [2.05, 4.69) is 16.6 Å². The molecule has 2 unspecified atom stereocenters. The predicted octanol–water partition coefficient (Wildman–Crippen LogP) is 0.598. The van der Waals surface area contributed by atoms with E-state index in [-0.39, 0.29) is 10.7 Å². The van der Waals surface area contributed by atoms with Gasteiger partial charge in [-0.15, -0.1) is 0 Å². The highest BCUT2D eigenvalue weighted by atomic mass is 32.2. The highest BCUT2D eigenvalue weighted by molar-refractivity contribution is 7.89. The summed E-state index contributed by atoms with van der Waals surface area (Å²) in [5.41, 5.74) is 5.53. The second-order valence-corrected chi connectivity index (χ2v) is 5.95. The molecule has 0 radical (unpaired) electrons. The summed E-state index contributed by atoms with van der Waals surface area (Å²) in [5.74, 6) is 1.13. The topological polar surface area (TPSA) is 85.1 Å². The van der Waals surface area contributed by atoms with Crippen LogP contribution >= 0.6 is 0 Å². The van der Waals surface area contributed by atoms with Crippen LogP contribution < -0.4 is 10.5 Å². The minimum absolute atomic E-state index is 0.0406. The Kier molecular flexibility index (Phi) is 2.86. The second kappa shape index (κ2) is 4.03. The third kappa shape index (κ3) is 2.33. The quantitative estimate of drug-likeness (QED) is 0.808. The van der Waals surface area contributed by atoms with Crippen molar-refractivity contribution in [1.82, 2.24) is 9.71 Å². The summed E-state index contributed by atoms with van der Waals surface area (Å²) in [6, 6.07) is 3.02. The van der Waals surface area contributed by atoms with Gasteiger partial charge in [-0.3, -0.25) is 0 Å². The maximum Gasteiger partial charge on any atom is 0.244 e. The highest BCUT2D eigenvalue weighted by Gasteiger charge is 2.33. The van der Waals surface area contributed by atoms with Crippen molar-refractivity contribution >= 4 is 15.8 Å². The summed E-state index contributed by atoms with van der Waals surface area (Å²) in [4.78, 5) is 3.82. The van der Waals surface area contributed by atoms with E-state index in [0.29, 0.717) is 18.4 Å². The number of anilines is 1. The maximum absolute atomic E-state index is 11.9. The molecule has 1 fully saturated rings. The number of sulfonamides is 1. The fraction of sp³-hybridized carbons (Fsp3) is 0.500. The van der Waals surface area contributed by atoms with Gasteiger partial charge >= 0.3 is 0 Å². The molecule has 0 spiro atoms. The molecule has 2 atom stereocenters. The number of nitrogens with one attached hydrogen (secondary N) is 1. The fourth-order valence-corrected chi connectivity index (χ4v) is 2.78. The van der Waals surface area contributed by atoms with Crippen LogP contribution in [0.2, 0.25) is 0 Å². The van der Waals surface area contributed by atoms with Gasteiger partial charge in [0.2, 0.25) is 10.0 Å². The number of nitrogens with two attached hydrogens (primary N) is 1. The molecule has 0 aliphatic heterocycles. The van der Waals surface area contributed by atoms with Crippen molar-refractivity contribution < 1.29 is 8.42 Å². The molecular formula is C10H15N3O2S. The normalized spacial score (nSPS) is 24.3. The van der Waals surface area contributed by atoms with Crippen LogP contribution in [0, 0.1) is 11.8 Å². The lowest BCUT2D eigenvalue weighted by Gasteiger charge is -2.07. The Morgan fingerprint density at radius 3 is 2.88 bits per heavy atom. The summed E-state index contributed by atoms with van der Waals surface area (Å²) in [5, 5.41) is 0. The second-order valence-electron chi connectivity index (χ2n) is 4.21. The molecule has 1 aromatic heterocycles.